The third-order valence-corrected chi connectivity index (χ3v) is 3.19. The van der Waals surface area contributed by atoms with Crippen molar-refractivity contribution in [3.8, 4) is 11.3 Å². The molecule has 0 aromatic carbocycles. The van der Waals surface area contributed by atoms with Gasteiger partial charge in [0.2, 0.25) is 0 Å². The van der Waals surface area contributed by atoms with Gasteiger partial charge in [0.15, 0.2) is 0 Å². The van der Waals surface area contributed by atoms with E-state index in [0.717, 1.165) is 21.1 Å². The number of nitrogens with zero attached hydrogens (tertiary/aromatic N) is 2. The van der Waals surface area contributed by atoms with Gasteiger partial charge >= 0.3 is 5.97 Å². The van der Waals surface area contributed by atoms with E-state index in [1.807, 2.05) is 37.0 Å². The van der Waals surface area contributed by atoms with Gasteiger partial charge in [0, 0.05) is 29.9 Å². The average Bonchev–Trinajstić information content (AvgIpc) is 2.72. The number of carboxylic acids is 1. The fourth-order valence-corrected chi connectivity index (χ4v) is 2.54. The van der Waals surface area contributed by atoms with Crippen LogP contribution in [-0.2, 0) is 18.3 Å². The van der Waals surface area contributed by atoms with Crippen molar-refractivity contribution in [3.63, 3.8) is 0 Å². The van der Waals surface area contributed by atoms with Crippen LogP contribution in [0.3, 0.4) is 0 Å². The second kappa shape index (κ2) is 4.09. The number of aliphatic carboxylic acids is 1. The summed E-state index contributed by atoms with van der Waals surface area (Å²) in [4.78, 5) is 15.9. The van der Waals surface area contributed by atoms with Crippen LogP contribution in [0.5, 0.6) is 0 Å². The number of hydrogen-bond acceptors (Lipinski definition) is 3. The van der Waals surface area contributed by atoms with Crippen LogP contribution in [0.1, 0.15) is 9.88 Å². The van der Waals surface area contributed by atoms with Crippen molar-refractivity contribution < 1.29 is 9.90 Å². The Balaban J connectivity index is 2.43. The molecule has 0 atom stereocenters. The normalized spacial score (nSPS) is 10.6. The molecule has 2 aromatic heterocycles. The Kier molecular flexibility index (Phi) is 2.78. The van der Waals surface area contributed by atoms with E-state index in [1.54, 1.807) is 0 Å². The number of rotatable bonds is 3. The molecule has 0 fully saturated rings. The van der Waals surface area contributed by atoms with Gasteiger partial charge in [0.1, 0.15) is 0 Å². The first-order valence-corrected chi connectivity index (χ1v) is 5.68. The van der Waals surface area contributed by atoms with E-state index in [0.29, 0.717) is 0 Å². The minimum atomic E-state index is -0.819. The highest BCUT2D eigenvalue weighted by Crippen LogP contribution is 2.28. The van der Waals surface area contributed by atoms with Gasteiger partial charge in [-0.3, -0.25) is 4.79 Å². The van der Waals surface area contributed by atoms with Gasteiger partial charge in [-0.1, -0.05) is 0 Å². The highest BCUT2D eigenvalue weighted by molar-refractivity contribution is 7.12. The summed E-state index contributed by atoms with van der Waals surface area (Å²) in [6, 6.07) is 1.94. The van der Waals surface area contributed by atoms with Crippen molar-refractivity contribution in [1.82, 2.24) is 9.55 Å². The summed E-state index contributed by atoms with van der Waals surface area (Å²) in [6.45, 7) is 1.89. The molecule has 16 heavy (non-hydrogen) atoms. The lowest BCUT2D eigenvalue weighted by atomic mass is 10.2. The summed E-state index contributed by atoms with van der Waals surface area (Å²) in [6.07, 6.45) is 3.91. The Morgan fingerprint density at radius 1 is 1.62 bits per heavy atom. The summed E-state index contributed by atoms with van der Waals surface area (Å²) in [5, 5.41) is 9.72. The van der Waals surface area contributed by atoms with Crippen molar-refractivity contribution >= 4 is 17.3 Å². The molecule has 2 heterocycles. The summed E-state index contributed by atoms with van der Waals surface area (Å²) in [5.74, 6) is -0.819. The molecular formula is C11H12N2O2S. The molecule has 0 spiro atoms. The van der Waals surface area contributed by atoms with Crippen LogP contribution in [0.15, 0.2) is 18.5 Å². The molecule has 0 bridgehead atoms. The second-order valence-corrected chi connectivity index (χ2v) is 4.93. The molecule has 2 aromatic rings. The minimum absolute atomic E-state index is 0.0374. The lowest BCUT2D eigenvalue weighted by Crippen LogP contribution is -1.99. The molecule has 0 amide bonds. The summed E-state index contributed by atoms with van der Waals surface area (Å²) >= 11 is 1.45. The van der Waals surface area contributed by atoms with E-state index >= 15 is 0 Å². The van der Waals surface area contributed by atoms with Gasteiger partial charge in [-0.15, -0.1) is 11.3 Å². The van der Waals surface area contributed by atoms with Gasteiger partial charge in [0.05, 0.1) is 17.1 Å². The third kappa shape index (κ3) is 2.14. The van der Waals surface area contributed by atoms with Crippen LogP contribution >= 0.6 is 11.3 Å². The first kappa shape index (κ1) is 10.9. The molecule has 0 aliphatic carbocycles. The topological polar surface area (TPSA) is 55.1 Å². The molecule has 1 N–H and O–H groups in total. The monoisotopic (exact) mass is 236 g/mol. The zero-order valence-corrected chi connectivity index (χ0v) is 9.91. The first-order valence-electron chi connectivity index (χ1n) is 4.86. The Labute approximate surface area is 97.2 Å². The SMILES string of the molecule is Cc1nc(-c2ccn(C)c2)c(CC(=O)O)s1. The Hall–Kier alpha value is -1.62. The molecule has 5 heteroatoms. The summed E-state index contributed by atoms with van der Waals surface area (Å²) in [7, 11) is 1.93. The Morgan fingerprint density at radius 2 is 2.38 bits per heavy atom. The maximum Gasteiger partial charge on any atom is 0.308 e. The molecule has 0 saturated heterocycles. The number of carbonyl (C=O) groups is 1. The molecule has 0 saturated carbocycles. The van der Waals surface area contributed by atoms with Gasteiger partial charge in [0.25, 0.3) is 0 Å². The zero-order chi connectivity index (χ0) is 11.7. The zero-order valence-electron chi connectivity index (χ0n) is 9.10. The van der Waals surface area contributed by atoms with E-state index < -0.39 is 5.97 Å². The third-order valence-electron chi connectivity index (χ3n) is 2.22. The number of aromatic nitrogens is 2. The lowest BCUT2D eigenvalue weighted by Gasteiger charge is -1.96. The molecule has 84 valence electrons. The molecule has 4 nitrogen and oxygen atoms in total. The number of carboxylic acid groups (broad SMARTS) is 1. The average molecular weight is 236 g/mol. The molecule has 0 unspecified atom stereocenters. The van der Waals surface area contributed by atoms with Gasteiger partial charge in [-0.2, -0.15) is 0 Å². The van der Waals surface area contributed by atoms with Crippen LogP contribution in [0.25, 0.3) is 11.3 Å². The number of hydrogen-bond donors (Lipinski definition) is 1. The highest BCUT2D eigenvalue weighted by atomic mass is 32.1. The van der Waals surface area contributed by atoms with E-state index in [1.165, 1.54) is 11.3 Å². The first-order chi connectivity index (χ1) is 7.56. The van der Waals surface area contributed by atoms with E-state index in [2.05, 4.69) is 4.98 Å². The lowest BCUT2D eigenvalue weighted by molar-refractivity contribution is -0.136. The molecule has 0 aliphatic rings. The van der Waals surface area contributed by atoms with Crippen molar-refractivity contribution in [2.45, 2.75) is 13.3 Å². The van der Waals surface area contributed by atoms with Crippen molar-refractivity contribution in [3.05, 3.63) is 28.3 Å². The fourth-order valence-electron chi connectivity index (χ4n) is 1.60. The molecule has 0 radical (unpaired) electrons. The fraction of sp³-hybridized carbons (Fsp3) is 0.273. The smallest absolute Gasteiger partial charge is 0.308 e. The number of aryl methyl sites for hydroxylation is 2. The van der Waals surface area contributed by atoms with Gasteiger partial charge in [-0.05, 0) is 13.0 Å². The highest BCUT2D eigenvalue weighted by Gasteiger charge is 2.14. The minimum Gasteiger partial charge on any atom is -0.481 e. The molecule has 2 rings (SSSR count). The summed E-state index contributed by atoms with van der Waals surface area (Å²) in [5.41, 5.74) is 1.77. The standard InChI is InChI=1S/C11H12N2O2S/c1-7-12-11(8-3-4-13(2)6-8)9(16-7)5-10(14)15/h3-4,6H,5H2,1-2H3,(H,14,15). The van der Waals surface area contributed by atoms with Crippen molar-refractivity contribution in [1.29, 1.82) is 0 Å². The van der Waals surface area contributed by atoms with E-state index in [-0.39, 0.29) is 6.42 Å². The predicted octanol–water partition coefficient (Wildman–Crippen LogP) is 2.08. The molecule has 0 aliphatic heterocycles. The van der Waals surface area contributed by atoms with Crippen LogP contribution < -0.4 is 0 Å². The van der Waals surface area contributed by atoms with E-state index in [4.69, 9.17) is 5.11 Å². The summed E-state index contributed by atoms with van der Waals surface area (Å²) < 4.78 is 1.93. The van der Waals surface area contributed by atoms with Crippen LogP contribution in [-0.4, -0.2) is 20.6 Å². The Bertz CT molecular complexity index is 528. The largest absolute Gasteiger partial charge is 0.481 e. The number of thiazole rings is 1. The van der Waals surface area contributed by atoms with Crippen molar-refractivity contribution in [2.75, 3.05) is 0 Å². The van der Waals surface area contributed by atoms with Crippen LogP contribution in [0, 0.1) is 6.92 Å². The maximum atomic E-state index is 10.7. The Morgan fingerprint density at radius 3 is 2.94 bits per heavy atom. The van der Waals surface area contributed by atoms with E-state index in [9.17, 15) is 4.79 Å². The quantitative estimate of drug-likeness (QED) is 0.887. The van der Waals surface area contributed by atoms with Crippen LogP contribution in [0.2, 0.25) is 0 Å². The molecular weight excluding hydrogens is 224 g/mol. The van der Waals surface area contributed by atoms with Crippen LogP contribution in [0.4, 0.5) is 0 Å². The predicted molar refractivity (Wildman–Crippen MR) is 62.6 cm³/mol. The van der Waals surface area contributed by atoms with Crippen molar-refractivity contribution in [2.24, 2.45) is 7.05 Å². The van der Waals surface area contributed by atoms with Gasteiger partial charge < -0.3 is 9.67 Å². The van der Waals surface area contributed by atoms with Gasteiger partial charge in [-0.25, -0.2) is 4.98 Å². The second-order valence-electron chi connectivity index (χ2n) is 3.64. The maximum absolute atomic E-state index is 10.7.